The van der Waals surface area contributed by atoms with E-state index in [2.05, 4.69) is 49.6 Å². The average Bonchev–Trinajstić information content (AvgIpc) is 2.34. The molecular weight excluding hydrogens is 220 g/mol. The van der Waals surface area contributed by atoms with E-state index in [4.69, 9.17) is 0 Å². The van der Waals surface area contributed by atoms with Crippen LogP contribution in [0.25, 0.3) is 0 Å². The Morgan fingerprint density at radius 3 is 2.78 bits per heavy atom. The first-order chi connectivity index (χ1) is 8.50. The molecule has 0 spiro atoms. The third-order valence-electron chi connectivity index (χ3n) is 3.84. The summed E-state index contributed by atoms with van der Waals surface area (Å²) in [5, 5.41) is 6.90. The van der Waals surface area contributed by atoms with Crippen molar-refractivity contribution >= 4 is 5.69 Å². The lowest BCUT2D eigenvalue weighted by Gasteiger charge is -2.29. The Morgan fingerprint density at radius 2 is 2.11 bits per heavy atom. The maximum atomic E-state index is 3.67. The first-order valence-electron chi connectivity index (χ1n) is 7.05. The van der Waals surface area contributed by atoms with Crippen molar-refractivity contribution in [2.75, 3.05) is 18.9 Å². The summed E-state index contributed by atoms with van der Waals surface area (Å²) in [6, 6.07) is 7.55. The van der Waals surface area contributed by atoms with Crippen molar-refractivity contribution in [3.63, 3.8) is 0 Å². The summed E-state index contributed by atoms with van der Waals surface area (Å²) in [6.45, 7) is 7.93. The van der Waals surface area contributed by atoms with Crippen LogP contribution in [0.2, 0.25) is 0 Å². The number of hydrogen-bond acceptors (Lipinski definition) is 2. The summed E-state index contributed by atoms with van der Waals surface area (Å²) in [5.74, 6) is 0. The predicted molar refractivity (Wildman–Crippen MR) is 79.4 cm³/mol. The fourth-order valence-corrected chi connectivity index (χ4v) is 2.56. The second-order valence-electron chi connectivity index (χ2n) is 6.39. The number of benzene rings is 1. The number of rotatable bonds is 3. The molecule has 100 valence electrons. The van der Waals surface area contributed by atoms with Crippen LogP contribution in [0.5, 0.6) is 0 Å². The highest BCUT2D eigenvalue weighted by atomic mass is 14.9. The molecule has 0 amide bonds. The second kappa shape index (κ2) is 5.31. The lowest BCUT2D eigenvalue weighted by atomic mass is 9.84. The monoisotopic (exact) mass is 246 g/mol. The summed E-state index contributed by atoms with van der Waals surface area (Å²) in [6.07, 6.45) is 3.67. The molecule has 0 aromatic heterocycles. The van der Waals surface area contributed by atoms with E-state index in [0.29, 0.717) is 6.04 Å². The zero-order valence-corrected chi connectivity index (χ0v) is 12.1. The number of fused-ring (bicyclic) bond motifs is 1. The van der Waals surface area contributed by atoms with Gasteiger partial charge in [-0.15, -0.1) is 0 Å². The average molecular weight is 246 g/mol. The molecule has 2 nitrogen and oxygen atoms in total. The molecule has 1 heterocycles. The lowest BCUT2D eigenvalue weighted by molar-refractivity contribution is 0.562. The van der Waals surface area contributed by atoms with Gasteiger partial charge >= 0.3 is 0 Å². The third kappa shape index (κ3) is 3.05. The van der Waals surface area contributed by atoms with Crippen LogP contribution in [-0.4, -0.2) is 19.6 Å². The normalized spacial score (nSPS) is 19.2. The van der Waals surface area contributed by atoms with Crippen molar-refractivity contribution in [2.24, 2.45) is 0 Å². The SMILES string of the molecule is CNCCC1CCc2cc(C(C)(C)C)ccc2N1. The molecule has 0 saturated carbocycles. The van der Waals surface area contributed by atoms with Crippen LogP contribution >= 0.6 is 0 Å². The van der Waals surface area contributed by atoms with Gasteiger partial charge in [0, 0.05) is 11.7 Å². The summed E-state index contributed by atoms with van der Waals surface area (Å²) in [7, 11) is 2.02. The van der Waals surface area contributed by atoms with Gasteiger partial charge in [0.1, 0.15) is 0 Å². The quantitative estimate of drug-likeness (QED) is 0.855. The minimum absolute atomic E-state index is 0.248. The van der Waals surface area contributed by atoms with Gasteiger partial charge in [0.2, 0.25) is 0 Å². The van der Waals surface area contributed by atoms with Crippen LogP contribution < -0.4 is 10.6 Å². The van der Waals surface area contributed by atoms with Crippen LogP contribution in [0.1, 0.15) is 44.7 Å². The first kappa shape index (κ1) is 13.4. The Kier molecular flexibility index (Phi) is 3.96. The number of aryl methyl sites for hydroxylation is 1. The first-order valence-corrected chi connectivity index (χ1v) is 7.05. The van der Waals surface area contributed by atoms with Gasteiger partial charge < -0.3 is 10.6 Å². The van der Waals surface area contributed by atoms with Gasteiger partial charge in [-0.1, -0.05) is 32.9 Å². The molecule has 1 unspecified atom stereocenters. The molecule has 1 aliphatic rings. The molecule has 1 aromatic rings. The molecule has 2 rings (SSSR count). The molecule has 1 aromatic carbocycles. The van der Waals surface area contributed by atoms with Crippen LogP contribution in [0.15, 0.2) is 18.2 Å². The van der Waals surface area contributed by atoms with Gasteiger partial charge in [0.25, 0.3) is 0 Å². The summed E-state index contributed by atoms with van der Waals surface area (Å²) in [5.41, 5.74) is 4.52. The van der Waals surface area contributed by atoms with E-state index in [9.17, 15) is 0 Å². The molecule has 18 heavy (non-hydrogen) atoms. The van der Waals surface area contributed by atoms with E-state index >= 15 is 0 Å². The standard InChI is InChI=1S/C16H26N2/c1-16(2,3)13-6-8-15-12(11-13)5-7-14(18-15)9-10-17-4/h6,8,11,14,17-18H,5,7,9-10H2,1-4H3. The van der Waals surface area contributed by atoms with E-state index in [1.165, 1.54) is 36.1 Å². The van der Waals surface area contributed by atoms with Gasteiger partial charge in [-0.2, -0.15) is 0 Å². The zero-order chi connectivity index (χ0) is 13.2. The van der Waals surface area contributed by atoms with Gasteiger partial charge in [0.05, 0.1) is 0 Å². The number of anilines is 1. The Bertz CT molecular complexity index is 404. The molecule has 0 aliphatic carbocycles. The van der Waals surface area contributed by atoms with Crippen molar-refractivity contribution < 1.29 is 0 Å². The maximum absolute atomic E-state index is 3.67. The molecular formula is C16H26N2. The van der Waals surface area contributed by atoms with Crippen LogP contribution in [0, 0.1) is 0 Å². The Morgan fingerprint density at radius 1 is 1.33 bits per heavy atom. The van der Waals surface area contributed by atoms with Gasteiger partial charge in [0.15, 0.2) is 0 Å². The van der Waals surface area contributed by atoms with Crippen molar-refractivity contribution in [2.45, 2.75) is 51.5 Å². The molecule has 0 bridgehead atoms. The minimum Gasteiger partial charge on any atom is -0.382 e. The molecule has 2 heteroatoms. The fraction of sp³-hybridized carbons (Fsp3) is 0.625. The van der Waals surface area contributed by atoms with Gasteiger partial charge in [-0.3, -0.25) is 0 Å². The highest BCUT2D eigenvalue weighted by Crippen LogP contribution is 2.31. The zero-order valence-electron chi connectivity index (χ0n) is 12.1. The maximum Gasteiger partial charge on any atom is 0.0375 e. The smallest absolute Gasteiger partial charge is 0.0375 e. The largest absolute Gasteiger partial charge is 0.382 e. The van der Waals surface area contributed by atoms with Crippen molar-refractivity contribution in [1.82, 2.24) is 5.32 Å². The summed E-state index contributed by atoms with van der Waals surface area (Å²) >= 11 is 0. The summed E-state index contributed by atoms with van der Waals surface area (Å²) in [4.78, 5) is 0. The number of hydrogen-bond donors (Lipinski definition) is 2. The minimum atomic E-state index is 0.248. The fourth-order valence-electron chi connectivity index (χ4n) is 2.56. The highest BCUT2D eigenvalue weighted by Gasteiger charge is 2.20. The molecule has 1 aliphatic heterocycles. The molecule has 0 radical (unpaired) electrons. The van der Waals surface area contributed by atoms with Gasteiger partial charge in [-0.05, 0) is 55.5 Å². The lowest BCUT2D eigenvalue weighted by Crippen LogP contribution is -2.29. The highest BCUT2D eigenvalue weighted by molar-refractivity contribution is 5.56. The second-order valence-corrected chi connectivity index (χ2v) is 6.39. The van der Waals surface area contributed by atoms with E-state index in [-0.39, 0.29) is 5.41 Å². The molecule has 2 N–H and O–H groups in total. The Balaban J connectivity index is 2.11. The van der Waals surface area contributed by atoms with Crippen molar-refractivity contribution in [1.29, 1.82) is 0 Å². The summed E-state index contributed by atoms with van der Waals surface area (Å²) < 4.78 is 0. The van der Waals surface area contributed by atoms with E-state index < -0.39 is 0 Å². The van der Waals surface area contributed by atoms with E-state index in [0.717, 1.165) is 6.54 Å². The van der Waals surface area contributed by atoms with Crippen molar-refractivity contribution in [3.05, 3.63) is 29.3 Å². The van der Waals surface area contributed by atoms with Crippen LogP contribution in [0.3, 0.4) is 0 Å². The predicted octanol–water partition coefficient (Wildman–Crippen LogP) is 3.32. The van der Waals surface area contributed by atoms with Gasteiger partial charge in [-0.25, -0.2) is 0 Å². The van der Waals surface area contributed by atoms with Crippen molar-refractivity contribution in [3.8, 4) is 0 Å². The van der Waals surface area contributed by atoms with Crippen LogP contribution in [0.4, 0.5) is 5.69 Å². The molecule has 0 saturated heterocycles. The molecule has 0 fully saturated rings. The molecule has 1 atom stereocenters. The third-order valence-corrected chi connectivity index (χ3v) is 3.84. The van der Waals surface area contributed by atoms with Crippen LogP contribution in [-0.2, 0) is 11.8 Å². The Labute approximate surface area is 111 Å². The van der Waals surface area contributed by atoms with E-state index in [1.54, 1.807) is 0 Å². The Hall–Kier alpha value is -1.02. The topological polar surface area (TPSA) is 24.1 Å². The van der Waals surface area contributed by atoms with E-state index in [1.807, 2.05) is 7.05 Å². The number of nitrogens with one attached hydrogen (secondary N) is 2.